The summed E-state index contributed by atoms with van der Waals surface area (Å²) in [4.78, 5) is 4.40. The summed E-state index contributed by atoms with van der Waals surface area (Å²) in [6.07, 6.45) is 4.86. The molecule has 2 aromatic rings. The van der Waals surface area contributed by atoms with Gasteiger partial charge in [-0.3, -0.25) is 0 Å². The summed E-state index contributed by atoms with van der Waals surface area (Å²) in [6.45, 7) is 1.71. The Morgan fingerprint density at radius 2 is 2.05 bits per heavy atom. The second kappa shape index (κ2) is 5.87. The zero-order valence-corrected chi connectivity index (χ0v) is 12.3. The van der Waals surface area contributed by atoms with Crippen molar-refractivity contribution in [3.05, 3.63) is 42.5 Å². The van der Waals surface area contributed by atoms with Crippen molar-refractivity contribution in [2.45, 2.75) is 24.3 Å². The van der Waals surface area contributed by atoms with Crippen molar-refractivity contribution in [1.29, 1.82) is 0 Å². The first-order valence-corrected chi connectivity index (χ1v) is 8.33. The summed E-state index contributed by atoms with van der Waals surface area (Å²) in [6, 6.07) is 6.94. The fourth-order valence-corrected chi connectivity index (χ4v) is 3.77. The van der Waals surface area contributed by atoms with E-state index in [1.54, 1.807) is 18.4 Å². The Hall–Kier alpha value is -1.86. The maximum atomic E-state index is 12.3. The number of nitrogens with one attached hydrogen (secondary N) is 1. The molecular formula is C14H17N3O3S. The Kier molecular flexibility index (Phi) is 3.94. The molecule has 6 nitrogen and oxygen atoms in total. The number of sulfonamides is 1. The van der Waals surface area contributed by atoms with Gasteiger partial charge in [-0.1, -0.05) is 0 Å². The molecule has 1 aliphatic rings. The second-order valence-electron chi connectivity index (χ2n) is 4.92. The molecule has 0 aromatic carbocycles. The lowest BCUT2D eigenvalue weighted by molar-refractivity contribution is 0.477. The lowest BCUT2D eigenvalue weighted by Crippen LogP contribution is -2.27. The molecule has 0 spiro atoms. The van der Waals surface area contributed by atoms with Crippen LogP contribution >= 0.6 is 0 Å². The molecule has 0 unspecified atom stereocenters. The summed E-state index contributed by atoms with van der Waals surface area (Å²) in [5.41, 5.74) is 0. The highest BCUT2D eigenvalue weighted by Gasteiger charge is 2.27. The van der Waals surface area contributed by atoms with E-state index < -0.39 is 10.0 Å². The highest BCUT2D eigenvalue weighted by atomic mass is 32.2. The number of hydrogen-bond acceptors (Lipinski definition) is 5. The van der Waals surface area contributed by atoms with Crippen LogP contribution in [0, 0.1) is 0 Å². The molecule has 3 heterocycles. The molecule has 0 atom stereocenters. The van der Waals surface area contributed by atoms with Crippen molar-refractivity contribution in [3.8, 4) is 0 Å². The highest BCUT2D eigenvalue weighted by Crippen LogP contribution is 2.21. The first-order chi connectivity index (χ1) is 10.2. The minimum absolute atomic E-state index is 0.243. The third-order valence-corrected chi connectivity index (χ3v) is 5.35. The molecule has 0 saturated carbocycles. The Balaban J connectivity index is 1.68. The van der Waals surface area contributed by atoms with Crippen molar-refractivity contribution in [2.75, 3.05) is 18.4 Å². The molecule has 0 bridgehead atoms. The molecule has 0 radical (unpaired) electrons. The topological polar surface area (TPSA) is 75.4 Å². The zero-order valence-electron chi connectivity index (χ0n) is 11.5. The van der Waals surface area contributed by atoms with Gasteiger partial charge >= 0.3 is 0 Å². The number of furan rings is 1. The molecule has 1 fully saturated rings. The first kappa shape index (κ1) is 14.1. The van der Waals surface area contributed by atoms with E-state index in [9.17, 15) is 8.42 Å². The van der Waals surface area contributed by atoms with Gasteiger partial charge in [-0.2, -0.15) is 4.31 Å². The van der Waals surface area contributed by atoms with Crippen LogP contribution in [0.1, 0.15) is 18.6 Å². The van der Waals surface area contributed by atoms with Gasteiger partial charge in [0.2, 0.25) is 10.0 Å². The minimum Gasteiger partial charge on any atom is -0.467 e. The van der Waals surface area contributed by atoms with Gasteiger partial charge in [0.25, 0.3) is 0 Å². The highest BCUT2D eigenvalue weighted by molar-refractivity contribution is 7.89. The average Bonchev–Trinajstić information content (AvgIpc) is 3.19. The van der Waals surface area contributed by atoms with Crippen molar-refractivity contribution in [1.82, 2.24) is 9.29 Å². The van der Waals surface area contributed by atoms with Crippen LogP contribution in [-0.4, -0.2) is 30.8 Å². The van der Waals surface area contributed by atoms with E-state index in [2.05, 4.69) is 10.3 Å². The second-order valence-corrected chi connectivity index (χ2v) is 6.86. The van der Waals surface area contributed by atoms with E-state index in [4.69, 9.17) is 4.42 Å². The van der Waals surface area contributed by atoms with Gasteiger partial charge in [-0.25, -0.2) is 13.4 Å². The molecule has 0 amide bonds. The standard InChI is InChI=1S/C14H17N3O3S/c18-21(19,17-7-1-2-8-17)13-5-6-14(16-11-13)15-10-12-4-3-9-20-12/h3-6,9,11H,1-2,7-8,10H2,(H,15,16). The van der Waals surface area contributed by atoms with Crippen LogP contribution in [0.4, 0.5) is 5.82 Å². The number of pyridine rings is 1. The van der Waals surface area contributed by atoms with Gasteiger partial charge in [0.15, 0.2) is 0 Å². The van der Waals surface area contributed by atoms with Gasteiger partial charge in [0.1, 0.15) is 16.5 Å². The van der Waals surface area contributed by atoms with E-state index in [-0.39, 0.29) is 4.90 Å². The smallest absolute Gasteiger partial charge is 0.244 e. The average molecular weight is 307 g/mol. The fourth-order valence-electron chi connectivity index (χ4n) is 2.31. The number of anilines is 1. The molecule has 0 aliphatic carbocycles. The first-order valence-electron chi connectivity index (χ1n) is 6.89. The summed E-state index contributed by atoms with van der Waals surface area (Å²) >= 11 is 0. The molecule has 2 aromatic heterocycles. The van der Waals surface area contributed by atoms with Crippen LogP contribution in [0.15, 0.2) is 46.0 Å². The maximum absolute atomic E-state index is 12.3. The number of hydrogen-bond donors (Lipinski definition) is 1. The Morgan fingerprint density at radius 3 is 2.67 bits per heavy atom. The molecule has 1 aliphatic heterocycles. The lowest BCUT2D eigenvalue weighted by atomic mass is 10.4. The van der Waals surface area contributed by atoms with Crippen molar-refractivity contribution in [3.63, 3.8) is 0 Å². The number of nitrogens with zero attached hydrogens (tertiary/aromatic N) is 2. The van der Waals surface area contributed by atoms with Gasteiger partial charge in [-0.15, -0.1) is 0 Å². The summed E-state index contributed by atoms with van der Waals surface area (Å²) < 4.78 is 31.4. The number of aromatic nitrogens is 1. The summed E-state index contributed by atoms with van der Waals surface area (Å²) in [7, 11) is -3.39. The summed E-state index contributed by atoms with van der Waals surface area (Å²) in [5.74, 6) is 1.41. The lowest BCUT2D eigenvalue weighted by Gasteiger charge is -2.15. The normalized spacial score (nSPS) is 16.2. The number of rotatable bonds is 5. The quantitative estimate of drug-likeness (QED) is 0.915. The predicted molar refractivity (Wildman–Crippen MR) is 78.3 cm³/mol. The molecule has 21 heavy (non-hydrogen) atoms. The van der Waals surface area contributed by atoms with Crippen molar-refractivity contribution >= 4 is 15.8 Å². The predicted octanol–water partition coefficient (Wildman–Crippen LogP) is 2.07. The van der Waals surface area contributed by atoms with E-state index in [1.807, 2.05) is 12.1 Å². The van der Waals surface area contributed by atoms with Gasteiger partial charge in [0, 0.05) is 19.3 Å². The van der Waals surface area contributed by atoms with Crippen LogP contribution in [0.3, 0.4) is 0 Å². The van der Waals surface area contributed by atoms with E-state index in [0.717, 1.165) is 18.6 Å². The van der Waals surface area contributed by atoms with E-state index >= 15 is 0 Å². The minimum atomic E-state index is -3.39. The molecule has 112 valence electrons. The van der Waals surface area contributed by atoms with Crippen molar-refractivity contribution in [2.24, 2.45) is 0 Å². The van der Waals surface area contributed by atoms with Crippen LogP contribution in [0.5, 0.6) is 0 Å². The molecular weight excluding hydrogens is 290 g/mol. The fraction of sp³-hybridized carbons (Fsp3) is 0.357. The maximum Gasteiger partial charge on any atom is 0.244 e. The van der Waals surface area contributed by atoms with Gasteiger partial charge in [0.05, 0.1) is 12.8 Å². The largest absolute Gasteiger partial charge is 0.467 e. The van der Waals surface area contributed by atoms with Crippen molar-refractivity contribution < 1.29 is 12.8 Å². The molecule has 7 heteroatoms. The molecule has 3 rings (SSSR count). The van der Waals surface area contributed by atoms with E-state index in [0.29, 0.717) is 25.5 Å². The third-order valence-electron chi connectivity index (χ3n) is 3.46. The van der Waals surface area contributed by atoms with Crippen LogP contribution in [-0.2, 0) is 16.6 Å². The van der Waals surface area contributed by atoms with Gasteiger partial charge in [-0.05, 0) is 37.1 Å². The van der Waals surface area contributed by atoms with Crippen LogP contribution < -0.4 is 5.32 Å². The Labute approximate surface area is 123 Å². The molecule has 1 saturated heterocycles. The van der Waals surface area contributed by atoms with Crippen LogP contribution in [0.25, 0.3) is 0 Å². The zero-order chi connectivity index (χ0) is 14.7. The summed E-state index contributed by atoms with van der Waals surface area (Å²) in [5, 5.41) is 3.08. The molecule has 1 N–H and O–H groups in total. The van der Waals surface area contributed by atoms with Gasteiger partial charge < -0.3 is 9.73 Å². The van der Waals surface area contributed by atoms with Crippen LogP contribution in [0.2, 0.25) is 0 Å². The van der Waals surface area contributed by atoms with E-state index in [1.165, 1.54) is 10.5 Å². The monoisotopic (exact) mass is 307 g/mol. The Morgan fingerprint density at radius 1 is 1.24 bits per heavy atom. The third kappa shape index (κ3) is 3.08. The SMILES string of the molecule is O=S(=O)(c1ccc(NCc2ccco2)nc1)N1CCCC1. The Bertz CT molecular complexity index is 675.